The first-order valence-electron chi connectivity index (χ1n) is 7.02. The van der Waals surface area contributed by atoms with Gasteiger partial charge in [0, 0.05) is 16.1 Å². The van der Waals surface area contributed by atoms with Crippen molar-refractivity contribution in [2.75, 3.05) is 7.11 Å². The molecule has 6 nitrogen and oxygen atoms in total. The summed E-state index contributed by atoms with van der Waals surface area (Å²) in [5, 5.41) is 9.54. The minimum Gasteiger partial charge on any atom is -0.496 e. The minimum atomic E-state index is -0.733. The van der Waals surface area contributed by atoms with Crippen LogP contribution in [0.5, 0.6) is 11.5 Å². The van der Waals surface area contributed by atoms with Crippen LogP contribution in [0.15, 0.2) is 49.4 Å². The van der Waals surface area contributed by atoms with Crippen LogP contribution in [0.25, 0.3) is 0 Å². The van der Waals surface area contributed by atoms with Crippen LogP contribution in [0.4, 0.5) is 0 Å². The quantitative estimate of drug-likeness (QED) is 0.848. The Morgan fingerprint density at radius 3 is 2.79 bits per heavy atom. The molecule has 2 heterocycles. The summed E-state index contributed by atoms with van der Waals surface area (Å²) < 4.78 is 16.8. The molecule has 0 bridgehead atoms. The van der Waals surface area contributed by atoms with E-state index in [0.717, 1.165) is 4.47 Å². The molecule has 1 aromatic heterocycles. The average Bonchev–Trinajstić information content (AvgIpc) is 2.53. The topological polar surface area (TPSA) is 98.5 Å². The van der Waals surface area contributed by atoms with Crippen LogP contribution in [0.3, 0.4) is 0 Å². The maximum Gasteiger partial charge on any atom is 0.343 e. The number of aryl methyl sites for hydroxylation is 1. The lowest BCUT2D eigenvalue weighted by atomic mass is 9.84. The maximum atomic E-state index is 12.4. The van der Waals surface area contributed by atoms with Gasteiger partial charge in [0.2, 0.25) is 5.88 Å². The number of rotatable bonds is 2. The lowest BCUT2D eigenvalue weighted by Gasteiger charge is -2.26. The fourth-order valence-electron chi connectivity index (χ4n) is 2.76. The molecule has 1 atom stereocenters. The highest BCUT2D eigenvalue weighted by Crippen LogP contribution is 2.44. The van der Waals surface area contributed by atoms with Gasteiger partial charge in [-0.1, -0.05) is 15.9 Å². The summed E-state index contributed by atoms with van der Waals surface area (Å²) >= 11 is 3.40. The van der Waals surface area contributed by atoms with Gasteiger partial charge in [-0.2, -0.15) is 5.26 Å². The number of hydrogen-bond acceptors (Lipinski definition) is 6. The highest BCUT2D eigenvalue weighted by Gasteiger charge is 2.36. The van der Waals surface area contributed by atoms with Gasteiger partial charge in [0.25, 0.3) is 0 Å². The Balaban J connectivity index is 2.37. The number of allylic oxidation sites excluding steroid dienone is 1. The molecule has 0 saturated carbocycles. The number of ether oxygens (including phenoxy) is 2. The zero-order valence-corrected chi connectivity index (χ0v) is 14.5. The molecule has 0 radical (unpaired) electrons. The smallest absolute Gasteiger partial charge is 0.343 e. The molecule has 0 fully saturated rings. The molecule has 0 aliphatic carbocycles. The zero-order valence-electron chi connectivity index (χ0n) is 12.9. The van der Waals surface area contributed by atoms with Crippen LogP contribution in [-0.2, 0) is 0 Å². The Morgan fingerprint density at radius 1 is 1.38 bits per heavy atom. The second kappa shape index (κ2) is 6.06. The summed E-state index contributed by atoms with van der Waals surface area (Å²) in [7, 11) is 1.52. The second-order valence-electron chi connectivity index (χ2n) is 5.23. The molecular weight excluding hydrogens is 376 g/mol. The van der Waals surface area contributed by atoms with Gasteiger partial charge in [0.1, 0.15) is 28.9 Å². The van der Waals surface area contributed by atoms with E-state index < -0.39 is 11.5 Å². The van der Waals surface area contributed by atoms with Crippen LogP contribution >= 0.6 is 15.9 Å². The maximum absolute atomic E-state index is 12.4. The summed E-state index contributed by atoms with van der Waals surface area (Å²) in [6.45, 7) is 1.64. The summed E-state index contributed by atoms with van der Waals surface area (Å²) in [6.07, 6.45) is 0. The Morgan fingerprint density at radius 2 is 2.12 bits per heavy atom. The van der Waals surface area contributed by atoms with E-state index in [9.17, 15) is 10.1 Å². The van der Waals surface area contributed by atoms with E-state index >= 15 is 0 Å². The Kier molecular flexibility index (Phi) is 4.08. The van der Waals surface area contributed by atoms with Crippen LogP contribution < -0.4 is 20.8 Å². The van der Waals surface area contributed by atoms with Crippen molar-refractivity contribution in [3.8, 4) is 17.6 Å². The van der Waals surface area contributed by atoms with Gasteiger partial charge in [0.15, 0.2) is 0 Å². The molecule has 1 aromatic carbocycles. The number of nitriles is 1. The molecule has 24 heavy (non-hydrogen) atoms. The zero-order chi connectivity index (χ0) is 17.4. The predicted octanol–water partition coefficient (Wildman–Crippen LogP) is 2.94. The number of hydrogen-bond donors (Lipinski definition) is 1. The largest absolute Gasteiger partial charge is 0.496 e. The minimum absolute atomic E-state index is 0.0398. The van der Waals surface area contributed by atoms with Crippen molar-refractivity contribution in [2.45, 2.75) is 12.8 Å². The highest BCUT2D eigenvalue weighted by atomic mass is 79.9. The molecule has 0 amide bonds. The molecule has 122 valence electrons. The lowest BCUT2D eigenvalue weighted by molar-refractivity contribution is 0.367. The van der Waals surface area contributed by atoms with Crippen molar-refractivity contribution < 1.29 is 13.9 Å². The van der Waals surface area contributed by atoms with Crippen molar-refractivity contribution in [3.05, 3.63) is 67.5 Å². The highest BCUT2D eigenvalue weighted by molar-refractivity contribution is 9.10. The summed E-state index contributed by atoms with van der Waals surface area (Å²) in [6, 6.07) is 8.94. The van der Waals surface area contributed by atoms with Gasteiger partial charge in [-0.05, 0) is 25.1 Å². The van der Waals surface area contributed by atoms with Crippen LogP contribution in [0.2, 0.25) is 0 Å². The van der Waals surface area contributed by atoms with Gasteiger partial charge in [-0.3, -0.25) is 0 Å². The lowest BCUT2D eigenvalue weighted by Crippen LogP contribution is -2.26. The molecule has 0 saturated heterocycles. The monoisotopic (exact) mass is 388 g/mol. The van der Waals surface area contributed by atoms with Crippen molar-refractivity contribution >= 4 is 15.9 Å². The molecule has 1 aliphatic heterocycles. The number of methoxy groups -OCH3 is 1. The van der Waals surface area contributed by atoms with Crippen molar-refractivity contribution in [3.63, 3.8) is 0 Å². The van der Waals surface area contributed by atoms with E-state index in [0.29, 0.717) is 17.1 Å². The summed E-state index contributed by atoms with van der Waals surface area (Å²) in [5.74, 6) is 0.431. The third kappa shape index (κ3) is 2.55. The van der Waals surface area contributed by atoms with Crippen LogP contribution in [0.1, 0.15) is 22.8 Å². The van der Waals surface area contributed by atoms with Crippen molar-refractivity contribution in [2.24, 2.45) is 5.73 Å². The van der Waals surface area contributed by atoms with Gasteiger partial charge in [0.05, 0.1) is 18.6 Å². The van der Waals surface area contributed by atoms with E-state index in [4.69, 9.17) is 19.6 Å². The number of fused-ring (bicyclic) bond motifs is 1. The Bertz CT molecular complexity index is 956. The van der Waals surface area contributed by atoms with Gasteiger partial charge >= 0.3 is 5.63 Å². The van der Waals surface area contributed by atoms with Crippen LogP contribution in [0, 0.1) is 18.3 Å². The third-order valence-electron chi connectivity index (χ3n) is 3.76. The van der Waals surface area contributed by atoms with E-state index in [1.807, 2.05) is 6.07 Å². The first-order chi connectivity index (χ1) is 11.5. The third-order valence-corrected chi connectivity index (χ3v) is 4.25. The van der Waals surface area contributed by atoms with E-state index in [2.05, 4.69) is 15.9 Å². The molecule has 7 heteroatoms. The van der Waals surface area contributed by atoms with Gasteiger partial charge in [-0.25, -0.2) is 4.79 Å². The number of benzene rings is 1. The number of nitrogens with two attached hydrogens (primary N) is 1. The number of nitrogens with zero attached hydrogens (tertiary/aromatic N) is 1. The fraction of sp³-hybridized carbons (Fsp3) is 0.176. The molecule has 2 aromatic rings. The molecule has 3 rings (SSSR count). The molecule has 2 N–H and O–H groups in total. The molecule has 0 unspecified atom stereocenters. The summed E-state index contributed by atoms with van der Waals surface area (Å²) in [5.41, 5.74) is 6.32. The van der Waals surface area contributed by atoms with Crippen LogP contribution in [-0.4, -0.2) is 7.11 Å². The van der Waals surface area contributed by atoms with Crippen molar-refractivity contribution in [1.82, 2.24) is 0 Å². The predicted molar refractivity (Wildman–Crippen MR) is 89.7 cm³/mol. The van der Waals surface area contributed by atoms with Gasteiger partial charge in [-0.15, -0.1) is 0 Å². The number of halogens is 1. The van der Waals surface area contributed by atoms with E-state index in [1.165, 1.54) is 7.11 Å². The van der Waals surface area contributed by atoms with E-state index in [-0.39, 0.29) is 22.8 Å². The average molecular weight is 389 g/mol. The molecule has 0 spiro atoms. The second-order valence-corrected chi connectivity index (χ2v) is 6.15. The van der Waals surface area contributed by atoms with Crippen molar-refractivity contribution in [1.29, 1.82) is 5.26 Å². The standard InChI is InChI=1S/C17H13BrN2O4/c1-8-5-13-15(17(21)23-8)14(11(7-19)16(20)24-13)10-6-9(18)3-4-12(10)22-2/h3-6,14H,20H2,1-2H3/t14-/m0/s1. The Hall–Kier alpha value is -2.72. The summed E-state index contributed by atoms with van der Waals surface area (Å²) in [4.78, 5) is 12.4. The first-order valence-corrected chi connectivity index (χ1v) is 7.81. The van der Waals surface area contributed by atoms with Gasteiger partial charge < -0.3 is 19.6 Å². The Labute approximate surface area is 146 Å². The molecule has 1 aliphatic rings. The fourth-order valence-corrected chi connectivity index (χ4v) is 3.14. The normalized spacial score (nSPS) is 16.2. The first kappa shape index (κ1) is 16.1. The SMILES string of the molecule is COc1ccc(Br)cc1[C@H]1C(C#N)=C(N)Oc2cc(C)oc(=O)c21. The molecular formula is C17H13BrN2O4. The van der Waals surface area contributed by atoms with E-state index in [1.54, 1.807) is 31.2 Å².